The van der Waals surface area contributed by atoms with Crippen molar-refractivity contribution in [2.24, 2.45) is 0 Å². The van der Waals surface area contributed by atoms with E-state index in [2.05, 4.69) is 30.3 Å². The zero-order chi connectivity index (χ0) is 11.7. The molecule has 0 amide bonds. The van der Waals surface area contributed by atoms with E-state index in [-0.39, 0.29) is 0 Å². The van der Waals surface area contributed by atoms with Gasteiger partial charge in [0.05, 0.1) is 0 Å². The molecule has 2 heteroatoms. The standard InChI is InChI=1S/C15H10OSe/c16-10-11-5-7-12(8-6-11)15-9-13-3-1-2-4-14(13)17-15/h1-10H. The Bertz CT molecular complexity index is 632. The molecule has 1 aromatic heterocycles. The van der Waals surface area contributed by atoms with Crippen LogP contribution < -0.4 is 0 Å². The molecule has 2 aromatic carbocycles. The Labute approximate surface area is 105 Å². The van der Waals surface area contributed by atoms with Crippen LogP contribution in [0.5, 0.6) is 0 Å². The van der Waals surface area contributed by atoms with Crippen LogP contribution in [0.2, 0.25) is 0 Å². The summed E-state index contributed by atoms with van der Waals surface area (Å²) < 4.78 is 2.82. The molecule has 3 aromatic rings. The van der Waals surface area contributed by atoms with Gasteiger partial charge in [-0.3, -0.25) is 0 Å². The van der Waals surface area contributed by atoms with Crippen LogP contribution in [0, 0.1) is 0 Å². The minimum absolute atomic E-state index is 0.388. The van der Waals surface area contributed by atoms with Gasteiger partial charge < -0.3 is 0 Å². The molecule has 0 bridgehead atoms. The first-order valence-electron chi connectivity index (χ1n) is 5.41. The van der Waals surface area contributed by atoms with Crippen molar-refractivity contribution in [1.29, 1.82) is 0 Å². The Morgan fingerprint density at radius 1 is 0.941 bits per heavy atom. The second-order valence-corrected chi connectivity index (χ2v) is 6.16. The Morgan fingerprint density at radius 2 is 1.71 bits per heavy atom. The molecule has 0 fully saturated rings. The van der Waals surface area contributed by atoms with Gasteiger partial charge in [0.1, 0.15) is 0 Å². The van der Waals surface area contributed by atoms with E-state index in [0.717, 1.165) is 11.8 Å². The number of aldehydes is 1. The number of hydrogen-bond acceptors (Lipinski definition) is 1. The predicted octanol–water partition coefficient (Wildman–Crippen LogP) is 3.38. The molecule has 17 heavy (non-hydrogen) atoms. The van der Waals surface area contributed by atoms with Gasteiger partial charge in [-0.1, -0.05) is 0 Å². The van der Waals surface area contributed by atoms with Gasteiger partial charge in [-0.2, -0.15) is 0 Å². The van der Waals surface area contributed by atoms with Crippen LogP contribution in [-0.4, -0.2) is 20.8 Å². The fourth-order valence-corrected chi connectivity index (χ4v) is 4.09. The Kier molecular flexibility index (Phi) is 2.68. The van der Waals surface area contributed by atoms with Gasteiger partial charge >= 0.3 is 105 Å². The first-order valence-corrected chi connectivity index (χ1v) is 7.12. The molecule has 0 unspecified atom stereocenters. The zero-order valence-corrected chi connectivity index (χ0v) is 10.8. The fourth-order valence-electron chi connectivity index (χ4n) is 1.85. The van der Waals surface area contributed by atoms with Crippen LogP contribution in [0.25, 0.3) is 19.6 Å². The SMILES string of the molecule is O=Cc1ccc(-c2cc3ccccc3[se]2)cc1. The normalized spacial score (nSPS) is 10.6. The van der Waals surface area contributed by atoms with Crippen molar-refractivity contribution < 1.29 is 4.79 Å². The summed E-state index contributed by atoms with van der Waals surface area (Å²) in [5.74, 6) is 0. The van der Waals surface area contributed by atoms with E-state index in [0.29, 0.717) is 14.5 Å². The van der Waals surface area contributed by atoms with E-state index in [9.17, 15) is 4.79 Å². The molecule has 1 nitrogen and oxygen atoms in total. The molecule has 0 aliphatic carbocycles. The molecule has 3 rings (SSSR count). The number of rotatable bonds is 2. The van der Waals surface area contributed by atoms with Crippen molar-refractivity contribution >= 4 is 30.4 Å². The van der Waals surface area contributed by atoms with Gasteiger partial charge in [0.25, 0.3) is 0 Å². The summed E-state index contributed by atoms with van der Waals surface area (Å²) in [6.07, 6.45) is 0.882. The van der Waals surface area contributed by atoms with Crippen LogP contribution in [0.15, 0.2) is 54.6 Å². The maximum absolute atomic E-state index is 10.6. The summed E-state index contributed by atoms with van der Waals surface area (Å²) in [4.78, 5) is 10.6. The molecule has 0 atom stereocenters. The van der Waals surface area contributed by atoms with Crippen molar-refractivity contribution in [1.82, 2.24) is 0 Å². The zero-order valence-electron chi connectivity index (χ0n) is 9.09. The summed E-state index contributed by atoms with van der Waals surface area (Å²) in [5, 5.41) is 1.34. The van der Waals surface area contributed by atoms with Crippen molar-refractivity contribution in [2.45, 2.75) is 0 Å². The number of carbonyl (C=O) groups is 1. The summed E-state index contributed by atoms with van der Waals surface area (Å²) in [6.45, 7) is 0. The third-order valence-electron chi connectivity index (χ3n) is 2.76. The molecule has 0 saturated heterocycles. The first kappa shape index (κ1) is 10.5. The quantitative estimate of drug-likeness (QED) is 0.521. The second-order valence-electron chi connectivity index (χ2n) is 3.89. The van der Waals surface area contributed by atoms with E-state index in [1.165, 1.54) is 19.6 Å². The van der Waals surface area contributed by atoms with Crippen molar-refractivity contribution in [3.05, 3.63) is 60.2 Å². The second kappa shape index (κ2) is 4.32. The van der Waals surface area contributed by atoms with Crippen LogP contribution in [0.4, 0.5) is 0 Å². The number of carbonyl (C=O) groups excluding carboxylic acids is 1. The van der Waals surface area contributed by atoms with Crippen LogP contribution in [0.3, 0.4) is 0 Å². The predicted molar refractivity (Wildman–Crippen MR) is 71.7 cm³/mol. The molecule has 0 aliphatic rings. The monoisotopic (exact) mass is 286 g/mol. The van der Waals surface area contributed by atoms with E-state index in [1.807, 2.05) is 24.3 Å². The Balaban J connectivity index is 2.10. The summed E-state index contributed by atoms with van der Waals surface area (Å²) in [7, 11) is 0. The Morgan fingerprint density at radius 3 is 2.41 bits per heavy atom. The Hall–Kier alpha value is -1.63. The first-order chi connectivity index (χ1) is 8.36. The third kappa shape index (κ3) is 1.97. The third-order valence-corrected chi connectivity index (χ3v) is 5.20. The van der Waals surface area contributed by atoms with Gasteiger partial charge in [-0.15, -0.1) is 0 Å². The molecule has 0 spiro atoms. The van der Waals surface area contributed by atoms with Gasteiger partial charge in [0, 0.05) is 0 Å². The summed E-state index contributed by atoms with van der Waals surface area (Å²) in [6, 6.07) is 18.6. The molecular formula is C15H10OSe. The summed E-state index contributed by atoms with van der Waals surface area (Å²) in [5.41, 5.74) is 1.96. The number of hydrogen-bond donors (Lipinski definition) is 0. The average Bonchev–Trinajstić information content (AvgIpc) is 2.82. The molecule has 0 N–H and O–H groups in total. The molecule has 0 radical (unpaired) electrons. The van der Waals surface area contributed by atoms with Gasteiger partial charge in [-0.25, -0.2) is 0 Å². The van der Waals surface area contributed by atoms with E-state index < -0.39 is 0 Å². The van der Waals surface area contributed by atoms with Gasteiger partial charge in [-0.05, 0) is 0 Å². The van der Waals surface area contributed by atoms with Crippen LogP contribution in [-0.2, 0) is 0 Å². The molecule has 82 valence electrons. The molecule has 0 aliphatic heterocycles. The number of benzene rings is 2. The average molecular weight is 285 g/mol. The molecule has 0 saturated carbocycles. The van der Waals surface area contributed by atoms with Gasteiger partial charge in [0.15, 0.2) is 0 Å². The topological polar surface area (TPSA) is 17.1 Å². The van der Waals surface area contributed by atoms with Gasteiger partial charge in [0.2, 0.25) is 0 Å². The maximum atomic E-state index is 10.6. The van der Waals surface area contributed by atoms with Crippen molar-refractivity contribution in [2.75, 3.05) is 0 Å². The van der Waals surface area contributed by atoms with E-state index >= 15 is 0 Å². The van der Waals surface area contributed by atoms with Crippen molar-refractivity contribution in [3.8, 4) is 10.0 Å². The van der Waals surface area contributed by atoms with E-state index in [4.69, 9.17) is 0 Å². The summed E-state index contributed by atoms with van der Waals surface area (Å²) >= 11 is 0.388. The van der Waals surface area contributed by atoms with Crippen molar-refractivity contribution in [3.63, 3.8) is 0 Å². The van der Waals surface area contributed by atoms with Crippen LogP contribution in [0.1, 0.15) is 10.4 Å². The van der Waals surface area contributed by atoms with Crippen LogP contribution >= 0.6 is 0 Å². The number of fused-ring (bicyclic) bond motifs is 1. The fraction of sp³-hybridized carbons (Fsp3) is 0. The van der Waals surface area contributed by atoms with E-state index in [1.54, 1.807) is 0 Å². The minimum atomic E-state index is 0.388. The molecular weight excluding hydrogens is 275 g/mol. The molecule has 1 heterocycles.